The highest BCUT2D eigenvalue weighted by atomic mass is 79.9. The Hall–Kier alpha value is -0.630. The van der Waals surface area contributed by atoms with Crippen LogP contribution in [0.15, 0.2) is 28.7 Å². The van der Waals surface area contributed by atoms with Crippen molar-refractivity contribution in [1.82, 2.24) is 4.31 Å². The van der Waals surface area contributed by atoms with Gasteiger partial charge in [0.15, 0.2) is 0 Å². The Morgan fingerprint density at radius 3 is 2.76 bits per heavy atom. The molecular weight excluding hydrogens is 308 g/mol. The molecule has 17 heavy (non-hydrogen) atoms. The van der Waals surface area contributed by atoms with E-state index in [2.05, 4.69) is 20.7 Å². The van der Waals surface area contributed by atoms with Gasteiger partial charge >= 0.3 is 10.2 Å². The Labute approximate surface area is 110 Å². The molecule has 0 aliphatic rings. The number of hydrogen-bond donors (Lipinski definition) is 2. The van der Waals surface area contributed by atoms with Gasteiger partial charge in [0.2, 0.25) is 0 Å². The number of nitrogens with one attached hydrogen (secondary N) is 1. The molecular formula is C10H15BrN2O3S. The van der Waals surface area contributed by atoms with Crippen molar-refractivity contribution in [2.75, 3.05) is 24.9 Å². The van der Waals surface area contributed by atoms with E-state index in [1.165, 1.54) is 11.4 Å². The smallest absolute Gasteiger partial charge is 0.301 e. The van der Waals surface area contributed by atoms with E-state index in [0.717, 1.165) is 4.47 Å². The normalized spacial score (nSPS) is 11.8. The number of aliphatic hydroxyl groups is 1. The summed E-state index contributed by atoms with van der Waals surface area (Å²) < 4.78 is 28.1. The molecule has 0 aliphatic heterocycles. The van der Waals surface area contributed by atoms with Crippen molar-refractivity contribution in [2.45, 2.75) is 6.42 Å². The lowest BCUT2D eigenvalue weighted by molar-refractivity contribution is 0.276. The summed E-state index contributed by atoms with van der Waals surface area (Å²) >= 11 is 3.27. The monoisotopic (exact) mass is 322 g/mol. The molecule has 0 saturated carbocycles. The largest absolute Gasteiger partial charge is 0.396 e. The van der Waals surface area contributed by atoms with E-state index in [0.29, 0.717) is 12.1 Å². The predicted molar refractivity (Wildman–Crippen MR) is 71.0 cm³/mol. The van der Waals surface area contributed by atoms with Gasteiger partial charge in [-0.3, -0.25) is 4.72 Å². The maximum absolute atomic E-state index is 11.8. The fraction of sp³-hybridized carbons (Fsp3) is 0.400. The van der Waals surface area contributed by atoms with Crippen molar-refractivity contribution in [1.29, 1.82) is 0 Å². The molecule has 0 fully saturated rings. The Kier molecular flexibility index (Phi) is 5.38. The Morgan fingerprint density at radius 2 is 2.18 bits per heavy atom. The van der Waals surface area contributed by atoms with Crippen molar-refractivity contribution >= 4 is 31.8 Å². The minimum atomic E-state index is -3.55. The van der Waals surface area contributed by atoms with Crippen molar-refractivity contribution in [2.24, 2.45) is 0 Å². The first-order valence-electron chi connectivity index (χ1n) is 5.06. The second-order valence-electron chi connectivity index (χ2n) is 3.52. The number of benzene rings is 1. The summed E-state index contributed by atoms with van der Waals surface area (Å²) in [5.41, 5.74) is 0.496. The summed E-state index contributed by atoms with van der Waals surface area (Å²) in [5, 5.41) is 8.66. The molecule has 0 heterocycles. The zero-order valence-electron chi connectivity index (χ0n) is 9.43. The van der Waals surface area contributed by atoms with E-state index in [1.54, 1.807) is 18.2 Å². The molecule has 0 saturated heterocycles. The standard InChI is InChI=1S/C10H15BrN2O3S/c1-13(6-3-7-14)17(15,16)12-10-5-2-4-9(11)8-10/h2,4-5,8,12,14H,3,6-7H2,1H3. The highest BCUT2D eigenvalue weighted by molar-refractivity contribution is 9.10. The number of rotatable bonds is 6. The van der Waals surface area contributed by atoms with Gasteiger partial charge in [0.25, 0.3) is 0 Å². The average molecular weight is 323 g/mol. The number of aliphatic hydroxyl groups excluding tert-OH is 1. The van der Waals surface area contributed by atoms with Crippen LogP contribution in [0.25, 0.3) is 0 Å². The molecule has 5 nitrogen and oxygen atoms in total. The van der Waals surface area contributed by atoms with Crippen LogP contribution in [-0.4, -0.2) is 38.0 Å². The third kappa shape index (κ3) is 4.63. The fourth-order valence-corrected chi connectivity index (χ4v) is 2.54. The summed E-state index contributed by atoms with van der Waals surface area (Å²) in [6.45, 7) is 0.247. The summed E-state index contributed by atoms with van der Waals surface area (Å²) in [7, 11) is -2.08. The molecule has 1 aromatic carbocycles. The van der Waals surface area contributed by atoms with Gasteiger partial charge in [-0.1, -0.05) is 22.0 Å². The topological polar surface area (TPSA) is 69.6 Å². The lowest BCUT2D eigenvalue weighted by atomic mass is 10.3. The van der Waals surface area contributed by atoms with Crippen LogP contribution in [0.3, 0.4) is 0 Å². The molecule has 0 atom stereocenters. The minimum Gasteiger partial charge on any atom is -0.396 e. The van der Waals surface area contributed by atoms with E-state index in [9.17, 15) is 8.42 Å². The van der Waals surface area contributed by atoms with Crippen molar-refractivity contribution in [3.8, 4) is 0 Å². The summed E-state index contributed by atoms with van der Waals surface area (Å²) in [6.07, 6.45) is 0.413. The zero-order chi connectivity index (χ0) is 12.9. The predicted octanol–water partition coefficient (Wildman–Crippen LogP) is 1.42. The Balaban J connectivity index is 2.72. The second-order valence-corrected chi connectivity index (χ2v) is 6.21. The first-order valence-corrected chi connectivity index (χ1v) is 7.29. The van der Waals surface area contributed by atoms with Gasteiger partial charge in [-0.05, 0) is 24.6 Å². The molecule has 2 N–H and O–H groups in total. The van der Waals surface area contributed by atoms with Gasteiger partial charge in [0.1, 0.15) is 0 Å². The van der Waals surface area contributed by atoms with Crippen LogP contribution in [0.2, 0.25) is 0 Å². The number of hydrogen-bond acceptors (Lipinski definition) is 3. The zero-order valence-corrected chi connectivity index (χ0v) is 11.8. The van der Waals surface area contributed by atoms with Gasteiger partial charge < -0.3 is 5.11 Å². The van der Waals surface area contributed by atoms with E-state index < -0.39 is 10.2 Å². The second kappa shape index (κ2) is 6.34. The first-order chi connectivity index (χ1) is 7.95. The lowest BCUT2D eigenvalue weighted by Gasteiger charge is -2.17. The summed E-state index contributed by atoms with van der Waals surface area (Å²) in [6, 6.07) is 6.91. The van der Waals surface area contributed by atoms with Gasteiger partial charge in [0.05, 0.1) is 5.69 Å². The van der Waals surface area contributed by atoms with Crippen LogP contribution in [0.4, 0.5) is 5.69 Å². The van der Waals surface area contributed by atoms with E-state index in [-0.39, 0.29) is 13.2 Å². The molecule has 0 bridgehead atoms. The van der Waals surface area contributed by atoms with Gasteiger partial charge in [0, 0.05) is 24.7 Å². The van der Waals surface area contributed by atoms with Gasteiger partial charge in [-0.25, -0.2) is 0 Å². The van der Waals surface area contributed by atoms with Crippen molar-refractivity contribution in [3.63, 3.8) is 0 Å². The SMILES string of the molecule is CN(CCCO)S(=O)(=O)Nc1cccc(Br)c1. The lowest BCUT2D eigenvalue weighted by Crippen LogP contribution is -2.33. The van der Waals surface area contributed by atoms with Crippen LogP contribution in [0.1, 0.15) is 6.42 Å². The maximum atomic E-state index is 11.8. The van der Waals surface area contributed by atoms with Crippen LogP contribution < -0.4 is 4.72 Å². The van der Waals surface area contributed by atoms with Crippen LogP contribution in [0, 0.1) is 0 Å². The van der Waals surface area contributed by atoms with E-state index >= 15 is 0 Å². The number of nitrogens with zero attached hydrogens (tertiary/aromatic N) is 1. The third-order valence-corrected chi connectivity index (χ3v) is 4.10. The molecule has 0 spiro atoms. The molecule has 0 aliphatic carbocycles. The molecule has 1 aromatic rings. The third-order valence-electron chi connectivity index (χ3n) is 2.11. The molecule has 1 rings (SSSR count). The highest BCUT2D eigenvalue weighted by Crippen LogP contribution is 2.17. The highest BCUT2D eigenvalue weighted by Gasteiger charge is 2.16. The Morgan fingerprint density at radius 1 is 1.47 bits per heavy atom. The molecule has 0 aromatic heterocycles. The minimum absolute atomic E-state index is 0.0310. The number of anilines is 1. The fourth-order valence-electron chi connectivity index (χ4n) is 1.19. The first kappa shape index (κ1) is 14.4. The van der Waals surface area contributed by atoms with Gasteiger partial charge in [-0.2, -0.15) is 12.7 Å². The van der Waals surface area contributed by atoms with Crippen LogP contribution >= 0.6 is 15.9 Å². The molecule has 96 valence electrons. The number of halogens is 1. The summed E-state index contributed by atoms with van der Waals surface area (Å²) in [5.74, 6) is 0. The average Bonchev–Trinajstić information content (AvgIpc) is 2.25. The van der Waals surface area contributed by atoms with Crippen LogP contribution in [0.5, 0.6) is 0 Å². The van der Waals surface area contributed by atoms with E-state index in [4.69, 9.17) is 5.11 Å². The van der Waals surface area contributed by atoms with E-state index in [1.807, 2.05) is 6.07 Å². The maximum Gasteiger partial charge on any atom is 0.301 e. The van der Waals surface area contributed by atoms with Crippen LogP contribution in [-0.2, 0) is 10.2 Å². The molecule has 0 radical (unpaired) electrons. The quantitative estimate of drug-likeness (QED) is 0.832. The Bertz CT molecular complexity index is 464. The van der Waals surface area contributed by atoms with Crippen molar-refractivity contribution < 1.29 is 13.5 Å². The molecule has 0 amide bonds. The molecule has 0 unspecified atom stereocenters. The van der Waals surface area contributed by atoms with Gasteiger partial charge in [-0.15, -0.1) is 0 Å². The van der Waals surface area contributed by atoms with Crippen molar-refractivity contribution in [3.05, 3.63) is 28.7 Å². The molecule has 7 heteroatoms. The summed E-state index contributed by atoms with van der Waals surface area (Å²) in [4.78, 5) is 0.